The van der Waals surface area contributed by atoms with Gasteiger partial charge in [0.05, 0.1) is 17.6 Å². The monoisotopic (exact) mass is 398 g/mol. The fourth-order valence-corrected chi connectivity index (χ4v) is 3.80. The highest BCUT2D eigenvalue weighted by atomic mass is 32.1. The normalized spacial score (nSPS) is 12.0. The first kappa shape index (κ1) is 19.0. The average Bonchev–Trinajstić information content (AvgIpc) is 3.17. The molecule has 0 spiro atoms. The molecule has 0 aliphatic heterocycles. The lowest BCUT2D eigenvalue weighted by molar-refractivity contribution is 0.816. The van der Waals surface area contributed by atoms with Gasteiger partial charge in [-0.1, -0.05) is 66.2 Å². The van der Waals surface area contributed by atoms with Crippen LogP contribution in [-0.4, -0.2) is 22.4 Å². The van der Waals surface area contributed by atoms with Crippen molar-refractivity contribution in [2.45, 2.75) is 13.3 Å². The van der Waals surface area contributed by atoms with Crippen molar-refractivity contribution in [3.63, 3.8) is 0 Å². The van der Waals surface area contributed by atoms with Gasteiger partial charge >= 0.3 is 0 Å². The van der Waals surface area contributed by atoms with E-state index in [1.807, 2.05) is 28.9 Å². The molecule has 2 heterocycles. The standard InChI is InChI=1S/C24H22N4S/c1-19-10-12-21(13-11-19)23-18-29-24(26-16-14-20-7-3-2-4-8-20)28(23)27-17-22-9-5-6-15-25-22/h2-13,15,17-18H,14,16H2,1H3/b26-24?,27-17-. The van der Waals surface area contributed by atoms with Crippen LogP contribution in [0.25, 0.3) is 11.3 Å². The molecular formula is C24H22N4S. The van der Waals surface area contributed by atoms with Gasteiger partial charge in [-0.05, 0) is 31.0 Å². The molecule has 0 fully saturated rings. The van der Waals surface area contributed by atoms with Gasteiger partial charge in [-0.3, -0.25) is 9.98 Å². The highest BCUT2D eigenvalue weighted by Gasteiger charge is 2.07. The Morgan fingerprint density at radius 1 is 0.966 bits per heavy atom. The maximum Gasteiger partial charge on any atom is 0.206 e. The molecule has 0 unspecified atom stereocenters. The summed E-state index contributed by atoms with van der Waals surface area (Å²) in [6.07, 6.45) is 4.45. The molecule has 0 radical (unpaired) electrons. The molecule has 0 amide bonds. The summed E-state index contributed by atoms with van der Waals surface area (Å²) in [5.41, 5.74) is 5.49. The van der Waals surface area contributed by atoms with E-state index in [0.29, 0.717) is 0 Å². The molecular weight excluding hydrogens is 376 g/mol. The molecule has 0 saturated heterocycles. The van der Waals surface area contributed by atoms with E-state index in [4.69, 9.17) is 10.1 Å². The predicted molar refractivity (Wildman–Crippen MR) is 120 cm³/mol. The number of pyridine rings is 1. The van der Waals surface area contributed by atoms with Gasteiger partial charge in [0.1, 0.15) is 0 Å². The van der Waals surface area contributed by atoms with E-state index in [1.54, 1.807) is 23.7 Å². The second-order valence-electron chi connectivity index (χ2n) is 6.70. The topological polar surface area (TPSA) is 42.5 Å². The minimum Gasteiger partial charge on any atom is -0.257 e. The molecule has 4 rings (SSSR count). The molecule has 0 aliphatic carbocycles. The van der Waals surface area contributed by atoms with Gasteiger partial charge in [-0.2, -0.15) is 5.10 Å². The zero-order valence-corrected chi connectivity index (χ0v) is 17.1. The Labute approximate surface area is 174 Å². The first-order chi connectivity index (χ1) is 14.3. The van der Waals surface area contributed by atoms with E-state index >= 15 is 0 Å². The summed E-state index contributed by atoms with van der Waals surface area (Å²) in [4.78, 5) is 10.0. The van der Waals surface area contributed by atoms with Crippen molar-refractivity contribution in [3.8, 4) is 11.3 Å². The summed E-state index contributed by atoms with van der Waals surface area (Å²) in [5.74, 6) is 0. The van der Waals surface area contributed by atoms with Gasteiger partial charge in [-0.15, -0.1) is 11.3 Å². The van der Waals surface area contributed by atoms with E-state index in [9.17, 15) is 0 Å². The van der Waals surface area contributed by atoms with Crippen LogP contribution in [0.2, 0.25) is 0 Å². The average molecular weight is 399 g/mol. The zero-order chi connectivity index (χ0) is 19.9. The molecule has 2 aromatic carbocycles. The largest absolute Gasteiger partial charge is 0.257 e. The van der Waals surface area contributed by atoms with Gasteiger partial charge < -0.3 is 0 Å². The maximum absolute atomic E-state index is 4.82. The predicted octanol–water partition coefficient (Wildman–Crippen LogP) is 4.95. The van der Waals surface area contributed by atoms with E-state index in [0.717, 1.165) is 34.7 Å². The van der Waals surface area contributed by atoms with Crippen LogP contribution in [0.4, 0.5) is 0 Å². The molecule has 2 aromatic heterocycles. The van der Waals surface area contributed by atoms with Crippen molar-refractivity contribution >= 4 is 17.6 Å². The first-order valence-corrected chi connectivity index (χ1v) is 10.4. The summed E-state index contributed by atoms with van der Waals surface area (Å²) < 4.78 is 1.91. The van der Waals surface area contributed by atoms with E-state index in [2.05, 4.69) is 65.8 Å². The molecule has 5 heteroatoms. The Bertz CT molecular complexity index is 1140. The molecule has 0 bridgehead atoms. The van der Waals surface area contributed by atoms with Crippen LogP contribution in [-0.2, 0) is 6.42 Å². The van der Waals surface area contributed by atoms with Crippen LogP contribution in [0.5, 0.6) is 0 Å². The van der Waals surface area contributed by atoms with Crippen LogP contribution < -0.4 is 4.80 Å². The summed E-state index contributed by atoms with van der Waals surface area (Å²) in [6, 6.07) is 24.7. The number of rotatable bonds is 6. The number of aryl methyl sites for hydroxylation is 1. The summed E-state index contributed by atoms with van der Waals surface area (Å²) in [6.45, 7) is 2.81. The van der Waals surface area contributed by atoms with Crippen molar-refractivity contribution in [2.24, 2.45) is 10.1 Å². The molecule has 0 atom stereocenters. The fourth-order valence-electron chi connectivity index (χ4n) is 2.94. The third-order valence-electron chi connectivity index (χ3n) is 4.52. The smallest absolute Gasteiger partial charge is 0.206 e. The van der Waals surface area contributed by atoms with Crippen molar-refractivity contribution in [3.05, 3.63) is 106 Å². The number of hydrogen-bond acceptors (Lipinski definition) is 4. The van der Waals surface area contributed by atoms with Crippen LogP contribution in [0.1, 0.15) is 16.8 Å². The lowest BCUT2D eigenvalue weighted by Gasteiger charge is -2.04. The second-order valence-corrected chi connectivity index (χ2v) is 7.53. The molecule has 0 aliphatic rings. The number of aromatic nitrogens is 2. The first-order valence-electron chi connectivity index (χ1n) is 9.57. The summed E-state index contributed by atoms with van der Waals surface area (Å²) >= 11 is 1.61. The second kappa shape index (κ2) is 9.26. The van der Waals surface area contributed by atoms with Crippen LogP contribution in [0.3, 0.4) is 0 Å². The Balaban J connectivity index is 1.67. The van der Waals surface area contributed by atoms with E-state index < -0.39 is 0 Å². The van der Waals surface area contributed by atoms with Crippen molar-refractivity contribution < 1.29 is 0 Å². The fraction of sp³-hybridized carbons (Fsp3) is 0.125. The summed E-state index contributed by atoms with van der Waals surface area (Å²) in [7, 11) is 0. The van der Waals surface area contributed by atoms with Crippen LogP contribution in [0.15, 0.2) is 94.5 Å². The quantitative estimate of drug-likeness (QED) is 0.424. The van der Waals surface area contributed by atoms with Gasteiger partial charge in [0.2, 0.25) is 4.80 Å². The molecule has 144 valence electrons. The Kier molecular flexibility index (Phi) is 6.07. The van der Waals surface area contributed by atoms with Crippen LogP contribution in [0, 0.1) is 6.92 Å². The van der Waals surface area contributed by atoms with E-state index in [1.165, 1.54) is 11.1 Å². The SMILES string of the molecule is Cc1ccc(-c2csc(=NCCc3ccccc3)n2/N=C\c2ccccn2)cc1. The zero-order valence-electron chi connectivity index (χ0n) is 16.3. The Morgan fingerprint density at radius 2 is 1.76 bits per heavy atom. The van der Waals surface area contributed by atoms with Crippen LogP contribution >= 0.6 is 11.3 Å². The minimum absolute atomic E-state index is 0.719. The lowest BCUT2D eigenvalue weighted by Crippen LogP contribution is -2.13. The number of hydrogen-bond donors (Lipinski definition) is 0. The minimum atomic E-state index is 0.719. The third-order valence-corrected chi connectivity index (χ3v) is 5.37. The van der Waals surface area contributed by atoms with Gasteiger partial charge in [0.15, 0.2) is 0 Å². The molecule has 4 nitrogen and oxygen atoms in total. The van der Waals surface area contributed by atoms with Gasteiger partial charge in [0, 0.05) is 23.7 Å². The van der Waals surface area contributed by atoms with Crippen molar-refractivity contribution in [1.29, 1.82) is 0 Å². The Morgan fingerprint density at radius 3 is 2.52 bits per heavy atom. The maximum atomic E-state index is 4.82. The molecule has 0 saturated carbocycles. The summed E-state index contributed by atoms with van der Waals surface area (Å²) in [5, 5.41) is 6.82. The highest BCUT2D eigenvalue weighted by Crippen LogP contribution is 2.20. The number of benzene rings is 2. The van der Waals surface area contributed by atoms with Gasteiger partial charge in [-0.25, -0.2) is 4.68 Å². The number of nitrogens with zero attached hydrogens (tertiary/aromatic N) is 4. The molecule has 0 N–H and O–H groups in total. The van der Waals surface area contributed by atoms with E-state index in [-0.39, 0.29) is 0 Å². The molecule has 4 aromatic rings. The van der Waals surface area contributed by atoms with Gasteiger partial charge in [0.25, 0.3) is 0 Å². The number of thiazole rings is 1. The highest BCUT2D eigenvalue weighted by molar-refractivity contribution is 7.07. The lowest BCUT2D eigenvalue weighted by atomic mass is 10.1. The van der Waals surface area contributed by atoms with Crippen molar-refractivity contribution in [2.75, 3.05) is 6.54 Å². The van der Waals surface area contributed by atoms with Crippen molar-refractivity contribution in [1.82, 2.24) is 9.66 Å². The Hall–Kier alpha value is -3.31. The molecule has 29 heavy (non-hydrogen) atoms. The third kappa shape index (κ3) is 4.95.